The van der Waals surface area contributed by atoms with E-state index in [-0.39, 0.29) is 5.56 Å². The molecule has 3 heterocycles. The summed E-state index contributed by atoms with van der Waals surface area (Å²) in [4.78, 5) is 21.8. The van der Waals surface area contributed by atoms with Crippen LogP contribution in [-0.4, -0.2) is 18.9 Å². The number of unbranched alkanes of at least 4 members (excludes halogenated alkanes) is 2. The lowest BCUT2D eigenvalue weighted by Crippen LogP contribution is -2.18. The smallest absolute Gasteiger partial charge is 0.259 e. The molecule has 0 atom stereocenters. The molecule has 0 amide bonds. The minimum absolute atomic E-state index is 0.103. The minimum Gasteiger partial charge on any atom is -0.311 e. The van der Waals surface area contributed by atoms with Gasteiger partial charge < -0.3 is 4.57 Å². The lowest BCUT2D eigenvalue weighted by molar-refractivity contribution is 0.606. The molecule has 0 unspecified atom stereocenters. The van der Waals surface area contributed by atoms with Gasteiger partial charge in [-0.1, -0.05) is 43.5 Å². The number of fused-ring (bicyclic) bond motifs is 1. The third-order valence-corrected chi connectivity index (χ3v) is 5.05. The van der Waals surface area contributed by atoms with Gasteiger partial charge in [0.05, 0.1) is 11.4 Å². The molecule has 0 radical (unpaired) electrons. The van der Waals surface area contributed by atoms with Gasteiger partial charge in [0.2, 0.25) is 5.78 Å². The van der Waals surface area contributed by atoms with Gasteiger partial charge >= 0.3 is 0 Å². The lowest BCUT2D eigenvalue weighted by atomic mass is 10.2. The van der Waals surface area contributed by atoms with E-state index < -0.39 is 0 Å². The van der Waals surface area contributed by atoms with Crippen molar-refractivity contribution in [2.24, 2.45) is 0 Å². The second kappa shape index (κ2) is 7.98. The van der Waals surface area contributed by atoms with Crippen LogP contribution in [0, 0.1) is 0 Å². The molecular formula is C22H21ClN4O. The number of aryl methyl sites for hydroxylation is 1. The molecule has 1 aromatic carbocycles. The van der Waals surface area contributed by atoms with E-state index in [9.17, 15) is 4.79 Å². The summed E-state index contributed by atoms with van der Waals surface area (Å²) in [6.07, 6.45) is 8.58. The fourth-order valence-corrected chi connectivity index (χ4v) is 3.47. The highest BCUT2D eigenvalue weighted by Crippen LogP contribution is 2.24. The van der Waals surface area contributed by atoms with E-state index in [1.807, 2.05) is 36.4 Å². The molecule has 6 heteroatoms. The van der Waals surface area contributed by atoms with E-state index in [0.717, 1.165) is 48.3 Å². The Morgan fingerprint density at radius 2 is 1.89 bits per heavy atom. The highest BCUT2D eigenvalue weighted by atomic mass is 35.5. The van der Waals surface area contributed by atoms with Gasteiger partial charge in [0, 0.05) is 47.4 Å². The van der Waals surface area contributed by atoms with Crippen molar-refractivity contribution in [2.75, 3.05) is 0 Å². The molecule has 0 aliphatic carbocycles. The Labute approximate surface area is 168 Å². The Bertz CT molecular complexity index is 1150. The number of hydrogen-bond acceptors (Lipinski definition) is 3. The summed E-state index contributed by atoms with van der Waals surface area (Å²) in [6, 6.07) is 13.0. The molecule has 5 nitrogen and oxygen atoms in total. The van der Waals surface area contributed by atoms with Gasteiger partial charge in [0.1, 0.15) is 0 Å². The number of nitrogens with zero attached hydrogens (tertiary/aromatic N) is 4. The molecule has 0 aliphatic heterocycles. The number of rotatable bonds is 6. The summed E-state index contributed by atoms with van der Waals surface area (Å²) < 4.78 is 3.74. The average Bonchev–Trinajstić information content (AvgIpc) is 3.17. The van der Waals surface area contributed by atoms with Crippen LogP contribution in [-0.2, 0) is 6.54 Å². The Hall–Kier alpha value is -2.92. The predicted octanol–water partition coefficient (Wildman–Crippen LogP) is 5.07. The Morgan fingerprint density at radius 3 is 2.61 bits per heavy atom. The van der Waals surface area contributed by atoms with Crippen molar-refractivity contribution in [3.63, 3.8) is 0 Å². The molecule has 4 aromatic rings. The van der Waals surface area contributed by atoms with Gasteiger partial charge in [0.15, 0.2) is 0 Å². The van der Waals surface area contributed by atoms with Crippen LogP contribution in [0.25, 0.3) is 28.3 Å². The summed E-state index contributed by atoms with van der Waals surface area (Å²) in [7, 11) is 0. The van der Waals surface area contributed by atoms with Crippen LogP contribution in [0.1, 0.15) is 26.2 Å². The number of aromatic nitrogens is 4. The molecule has 0 aliphatic rings. The van der Waals surface area contributed by atoms with Gasteiger partial charge in [-0.05, 0) is 30.7 Å². The lowest BCUT2D eigenvalue weighted by Gasteiger charge is -2.14. The zero-order valence-corrected chi connectivity index (χ0v) is 16.4. The maximum absolute atomic E-state index is 12.8. The van der Waals surface area contributed by atoms with Crippen LogP contribution >= 0.6 is 11.6 Å². The molecule has 3 aromatic heterocycles. The average molecular weight is 393 g/mol. The van der Waals surface area contributed by atoms with Crippen molar-refractivity contribution in [1.82, 2.24) is 18.9 Å². The number of halogens is 1. The van der Waals surface area contributed by atoms with E-state index in [0.29, 0.717) is 10.8 Å². The van der Waals surface area contributed by atoms with Crippen LogP contribution in [0.2, 0.25) is 5.02 Å². The highest BCUT2D eigenvalue weighted by molar-refractivity contribution is 6.30. The Balaban J connectivity index is 1.91. The predicted molar refractivity (Wildman–Crippen MR) is 113 cm³/mol. The van der Waals surface area contributed by atoms with Crippen LogP contribution in [0.3, 0.4) is 0 Å². The zero-order valence-electron chi connectivity index (χ0n) is 15.7. The van der Waals surface area contributed by atoms with Crippen LogP contribution in [0.5, 0.6) is 0 Å². The molecule has 0 saturated heterocycles. The van der Waals surface area contributed by atoms with Crippen molar-refractivity contribution in [3.8, 4) is 22.5 Å². The number of hydrogen-bond donors (Lipinski definition) is 0. The van der Waals surface area contributed by atoms with Crippen molar-refractivity contribution >= 4 is 17.4 Å². The van der Waals surface area contributed by atoms with E-state index in [1.54, 1.807) is 29.1 Å². The third kappa shape index (κ3) is 3.58. The number of imidazole rings is 1. The molecule has 142 valence electrons. The summed E-state index contributed by atoms with van der Waals surface area (Å²) >= 11 is 6.00. The maximum atomic E-state index is 12.8. The van der Waals surface area contributed by atoms with Crippen LogP contribution in [0.15, 0.2) is 65.8 Å². The topological polar surface area (TPSA) is 52.2 Å². The van der Waals surface area contributed by atoms with Crippen LogP contribution in [0.4, 0.5) is 0 Å². The van der Waals surface area contributed by atoms with Crippen molar-refractivity contribution in [1.29, 1.82) is 0 Å². The molecule has 4 rings (SSSR count). The molecule has 28 heavy (non-hydrogen) atoms. The van der Waals surface area contributed by atoms with Crippen molar-refractivity contribution in [2.45, 2.75) is 32.7 Å². The first-order valence-electron chi connectivity index (χ1n) is 9.46. The SMILES string of the molecule is CCCCCn1c(-c2cccnc2)cc(=O)n2cc(-c3ccc(Cl)cc3)nc12. The maximum Gasteiger partial charge on any atom is 0.259 e. The summed E-state index contributed by atoms with van der Waals surface area (Å²) in [6.45, 7) is 2.97. The van der Waals surface area contributed by atoms with Crippen LogP contribution < -0.4 is 5.56 Å². The first-order valence-corrected chi connectivity index (χ1v) is 9.84. The molecule has 0 N–H and O–H groups in total. The van der Waals surface area contributed by atoms with Gasteiger partial charge in [-0.2, -0.15) is 0 Å². The fourth-order valence-electron chi connectivity index (χ4n) is 3.35. The largest absolute Gasteiger partial charge is 0.311 e. The standard InChI is InChI=1S/C22H21ClN4O/c1-2-3-4-12-26-20(17-6-5-11-24-14-17)13-21(28)27-15-19(25-22(26)27)16-7-9-18(23)10-8-16/h5-11,13-15H,2-4,12H2,1H3. The third-order valence-electron chi connectivity index (χ3n) is 4.80. The number of benzene rings is 1. The molecular weight excluding hydrogens is 372 g/mol. The quantitative estimate of drug-likeness (QED) is 0.430. The van der Waals surface area contributed by atoms with Crippen molar-refractivity contribution < 1.29 is 0 Å². The van der Waals surface area contributed by atoms with E-state index in [4.69, 9.17) is 16.6 Å². The molecule has 0 bridgehead atoms. The van der Waals surface area contributed by atoms with E-state index in [2.05, 4.69) is 16.5 Å². The molecule has 0 spiro atoms. The van der Waals surface area contributed by atoms with Gasteiger partial charge in [-0.3, -0.25) is 14.2 Å². The molecule has 0 saturated carbocycles. The first kappa shape index (κ1) is 18.4. The summed E-state index contributed by atoms with van der Waals surface area (Å²) in [5.74, 6) is 0.646. The van der Waals surface area contributed by atoms with Gasteiger partial charge in [-0.25, -0.2) is 4.98 Å². The van der Waals surface area contributed by atoms with Crippen molar-refractivity contribution in [3.05, 3.63) is 76.4 Å². The minimum atomic E-state index is -0.103. The molecule has 0 fully saturated rings. The highest BCUT2D eigenvalue weighted by Gasteiger charge is 2.15. The normalized spacial score (nSPS) is 11.2. The Kier molecular flexibility index (Phi) is 5.26. The monoisotopic (exact) mass is 392 g/mol. The van der Waals surface area contributed by atoms with Gasteiger partial charge in [0.25, 0.3) is 5.56 Å². The number of pyridine rings is 1. The second-order valence-electron chi connectivity index (χ2n) is 6.77. The first-order chi connectivity index (χ1) is 13.7. The van der Waals surface area contributed by atoms with E-state index >= 15 is 0 Å². The zero-order chi connectivity index (χ0) is 19.5. The summed E-state index contributed by atoms with van der Waals surface area (Å²) in [5.41, 5.74) is 3.33. The Morgan fingerprint density at radius 1 is 1.07 bits per heavy atom. The second-order valence-corrected chi connectivity index (χ2v) is 7.21. The van der Waals surface area contributed by atoms with E-state index in [1.165, 1.54) is 0 Å². The van der Waals surface area contributed by atoms with Gasteiger partial charge in [-0.15, -0.1) is 0 Å². The summed E-state index contributed by atoms with van der Waals surface area (Å²) in [5, 5.41) is 0.672. The fraction of sp³-hybridized carbons (Fsp3) is 0.227.